The third kappa shape index (κ3) is 7.40. The van der Waals surface area contributed by atoms with Crippen molar-refractivity contribution in [1.29, 1.82) is 0 Å². The Balaban J connectivity index is 1.53. The van der Waals surface area contributed by atoms with Crippen molar-refractivity contribution in [2.45, 2.75) is 26.7 Å². The van der Waals surface area contributed by atoms with Gasteiger partial charge in [-0.25, -0.2) is 0 Å². The number of nitrogens with one attached hydrogen (secondary N) is 4. The van der Waals surface area contributed by atoms with Gasteiger partial charge in [-0.2, -0.15) is 0 Å². The summed E-state index contributed by atoms with van der Waals surface area (Å²) < 4.78 is 10.0. The second-order valence-corrected chi connectivity index (χ2v) is 10.6. The molecule has 14 nitrogen and oxygen atoms in total. The van der Waals surface area contributed by atoms with Crippen molar-refractivity contribution < 1.29 is 28.9 Å². The molecule has 0 unspecified atom stereocenters. The van der Waals surface area contributed by atoms with Crippen LogP contribution < -0.4 is 30.7 Å². The molecule has 1 aliphatic rings. The van der Waals surface area contributed by atoms with E-state index in [2.05, 4.69) is 21.3 Å². The number of ether oxygens (including phenoxy) is 2. The van der Waals surface area contributed by atoms with E-state index in [1.807, 2.05) is 13.8 Å². The van der Waals surface area contributed by atoms with Gasteiger partial charge >= 0.3 is 0 Å². The predicted molar refractivity (Wildman–Crippen MR) is 158 cm³/mol. The Morgan fingerprint density at radius 1 is 0.902 bits per heavy atom. The summed E-state index contributed by atoms with van der Waals surface area (Å²) >= 11 is 10.4. The number of anilines is 2. The van der Waals surface area contributed by atoms with Crippen molar-refractivity contribution >= 4 is 69.2 Å². The number of thiocarbonyl (C=S) groups is 2. The molecule has 0 spiro atoms. The summed E-state index contributed by atoms with van der Waals surface area (Å²) in [5.41, 5.74) is -0.944. The molecule has 2 amide bonds. The Morgan fingerprint density at radius 3 is 1.78 bits per heavy atom. The fourth-order valence-corrected chi connectivity index (χ4v) is 4.94. The molecule has 218 valence electrons. The first-order valence-electron chi connectivity index (χ1n) is 12.1. The van der Waals surface area contributed by atoms with Gasteiger partial charge in [0.2, 0.25) is 11.8 Å². The number of carbonyl (C=O) groups is 2. The molecule has 2 aromatic carbocycles. The molecule has 41 heavy (non-hydrogen) atoms. The summed E-state index contributed by atoms with van der Waals surface area (Å²) in [5, 5.41) is 33.0. The van der Waals surface area contributed by atoms with E-state index < -0.39 is 27.1 Å². The van der Waals surface area contributed by atoms with E-state index in [0.717, 1.165) is 0 Å². The van der Waals surface area contributed by atoms with Gasteiger partial charge in [-0.15, -0.1) is 0 Å². The standard InChI is InChI=1S/C25H28N6O8S2/c1-25(2)13(10-21(32)28-23(40)26-17-7-5-14(38-3)11-19(17)30(34)35)9-16(25)22(33)29-24(41)27-18-8-6-15(39-4)12-20(18)31(36)37/h5-8,11-13,16H,9-10H2,1-4H3,(H2,26,28,32,40)(H2,27,29,33,41)/t13-,16+/m1/s1. The van der Waals surface area contributed by atoms with Crippen LogP contribution in [-0.4, -0.2) is 46.1 Å². The fraction of sp³-hybridized carbons (Fsp3) is 0.360. The molecular weight excluding hydrogens is 576 g/mol. The summed E-state index contributed by atoms with van der Waals surface area (Å²) in [6.07, 6.45) is 0.450. The van der Waals surface area contributed by atoms with Crippen molar-refractivity contribution in [1.82, 2.24) is 10.6 Å². The third-order valence-corrected chi connectivity index (χ3v) is 7.42. The van der Waals surface area contributed by atoms with Crippen LogP contribution >= 0.6 is 24.4 Å². The van der Waals surface area contributed by atoms with Crippen molar-refractivity contribution in [2.24, 2.45) is 17.3 Å². The van der Waals surface area contributed by atoms with Crippen LogP contribution in [0.3, 0.4) is 0 Å². The van der Waals surface area contributed by atoms with Crippen LogP contribution in [0.4, 0.5) is 22.7 Å². The minimum absolute atomic E-state index is 0.0596. The van der Waals surface area contributed by atoms with Gasteiger partial charge in [-0.1, -0.05) is 13.8 Å². The van der Waals surface area contributed by atoms with Gasteiger partial charge in [0, 0.05) is 12.3 Å². The molecular formula is C25H28N6O8S2. The molecule has 0 saturated heterocycles. The summed E-state index contributed by atoms with van der Waals surface area (Å²) in [4.78, 5) is 47.1. The Bertz CT molecular complexity index is 1420. The van der Waals surface area contributed by atoms with Crippen molar-refractivity contribution in [3.05, 3.63) is 56.6 Å². The Morgan fingerprint density at radius 2 is 1.37 bits per heavy atom. The molecule has 3 rings (SSSR count). The highest BCUT2D eigenvalue weighted by atomic mass is 32.1. The smallest absolute Gasteiger partial charge is 0.296 e. The number of carbonyl (C=O) groups excluding carboxylic acids is 2. The number of methoxy groups -OCH3 is 2. The van der Waals surface area contributed by atoms with Crippen LogP contribution in [0.5, 0.6) is 11.5 Å². The highest BCUT2D eigenvalue weighted by molar-refractivity contribution is 7.80. The van der Waals surface area contributed by atoms with E-state index in [-0.39, 0.29) is 51.2 Å². The number of nitrogens with zero attached hydrogens (tertiary/aromatic N) is 2. The molecule has 2 aromatic rings. The van der Waals surface area contributed by atoms with Gasteiger partial charge in [0.15, 0.2) is 10.2 Å². The lowest BCUT2D eigenvalue weighted by molar-refractivity contribution is -0.384. The largest absolute Gasteiger partial charge is 0.496 e. The quantitative estimate of drug-likeness (QED) is 0.184. The van der Waals surface area contributed by atoms with Gasteiger partial charge in [0.05, 0.1) is 36.2 Å². The summed E-state index contributed by atoms with van der Waals surface area (Å²) in [7, 11) is 2.77. The van der Waals surface area contributed by atoms with Crippen molar-refractivity contribution in [3.8, 4) is 11.5 Å². The van der Waals surface area contributed by atoms with Gasteiger partial charge in [0.1, 0.15) is 22.9 Å². The Kier molecular flexibility index (Phi) is 9.72. The molecule has 4 N–H and O–H groups in total. The predicted octanol–water partition coefficient (Wildman–Crippen LogP) is 3.90. The zero-order valence-electron chi connectivity index (χ0n) is 22.5. The molecule has 1 saturated carbocycles. The average molecular weight is 605 g/mol. The van der Waals surface area contributed by atoms with E-state index in [1.165, 1.54) is 50.6 Å². The van der Waals surface area contributed by atoms with Crippen LogP contribution in [0.2, 0.25) is 0 Å². The SMILES string of the molecule is COc1ccc(NC(=S)NC(=O)C[C@H]2C[C@@H](C(=O)NC(=S)Nc3ccc(OC)cc3[N+](=O)[O-])C2(C)C)c([N+](=O)[O-])c1. The number of rotatable bonds is 9. The average Bonchev–Trinajstić information content (AvgIpc) is 2.90. The molecule has 0 bridgehead atoms. The first kappa shape index (κ1) is 31.1. The third-order valence-electron chi connectivity index (χ3n) is 7.01. The highest BCUT2D eigenvalue weighted by Gasteiger charge is 2.52. The lowest BCUT2D eigenvalue weighted by Gasteiger charge is -2.51. The van der Waals surface area contributed by atoms with Crippen LogP contribution in [0.15, 0.2) is 36.4 Å². The number of benzene rings is 2. The number of nitro groups is 2. The second-order valence-electron chi connectivity index (χ2n) is 9.74. The number of hydrogen-bond donors (Lipinski definition) is 4. The normalized spacial score (nSPS) is 16.8. The number of nitro benzene ring substituents is 2. The molecule has 2 atom stereocenters. The molecule has 1 fully saturated rings. The van der Waals surface area contributed by atoms with E-state index in [4.69, 9.17) is 33.9 Å². The minimum Gasteiger partial charge on any atom is -0.496 e. The van der Waals surface area contributed by atoms with E-state index >= 15 is 0 Å². The Labute approximate surface area is 245 Å². The van der Waals surface area contributed by atoms with E-state index in [1.54, 1.807) is 0 Å². The molecule has 16 heteroatoms. The molecule has 0 heterocycles. The zero-order chi connectivity index (χ0) is 30.5. The van der Waals surface area contributed by atoms with Crippen LogP contribution in [0.1, 0.15) is 26.7 Å². The van der Waals surface area contributed by atoms with Gasteiger partial charge in [-0.3, -0.25) is 29.8 Å². The monoisotopic (exact) mass is 604 g/mol. The maximum atomic E-state index is 12.9. The molecule has 0 radical (unpaired) electrons. The number of amides is 2. The van der Waals surface area contributed by atoms with Crippen LogP contribution in [0.25, 0.3) is 0 Å². The first-order valence-corrected chi connectivity index (χ1v) is 13.0. The van der Waals surface area contributed by atoms with Crippen LogP contribution in [0, 0.1) is 37.5 Å². The Hall–Kier alpha value is -4.44. The van der Waals surface area contributed by atoms with Gasteiger partial charge < -0.3 is 30.7 Å². The van der Waals surface area contributed by atoms with Gasteiger partial charge in [0.25, 0.3) is 11.4 Å². The summed E-state index contributed by atoms with van der Waals surface area (Å²) in [6, 6.07) is 8.33. The lowest BCUT2D eigenvalue weighted by atomic mass is 9.53. The minimum atomic E-state index is -0.600. The number of hydrogen-bond acceptors (Lipinski definition) is 10. The maximum absolute atomic E-state index is 12.9. The van der Waals surface area contributed by atoms with Crippen LogP contribution in [-0.2, 0) is 9.59 Å². The van der Waals surface area contributed by atoms with E-state index in [0.29, 0.717) is 17.9 Å². The van der Waals surface area contributed by atoms with Crippen molar-refractivity contribution in [2.75, 3.05) is 24.9 Å². The summed E-state index contributed by atoms with van der Waals surface area (Å²) in [5.74, 6) is -0.855. The second kappa shape index (κ2) is 12.8. The first-order chi connectivity index (χ1) is 19.3. The molecule has 0 aromatic heterocycles. The lowest BCUT2D eigenvalue weighted by Crippen LogP contribution is -2.55. The summed E-state index contributed by atoms with van der Waals surface area (Å²) in [6.45, 7) is 3.70. The van der Waals surface area contributed by atoms with Crippen molar-refractivity contribution in [3.63, 3.8) is 0 Å². The zero-order valence-corrected chi connectivity index (χ0v) is 24.1. The van der Waals surface area contributed by atoms with E-state index in [9.17, 15) is 29.8 Å². The molecule has 1 aliphatic carbocycles. The topological polar surface area (TPSA) is 187 Å². The fourth-order valence-electron chi connectivity index (χ4n) is 4.51. The maximum Gasteiger partial charge on any atom is 0.296 e. The van der Waals surface area contributed by atoms with Gasteiger partial charge in [-0.05, 0) is 66.5 Å². The highest BCUT2D eigenvalue weighted by Crippen LogP contribution is 2.53. The molecule has 0 aliphatic heterocycles.